The lowest BCUT2D eigenvalue weighted by molar-refractivity contribution is 0.0697. The first-order valence-corrected chi connectivity index (χ1v) is 8.44. The van der Waals surface area contributed by atoms with Crippen molar-refractivity contribution in [2.24, 2.45) is 0 Å². The zero-order valence-electron chi connectivity index (χ0n) is 11.9. The monoisotopic (exact) mass is 355 g/mol. The Morgan fingerprint density at radius 3 is 2.65 bits per heavy atom. The van der Waals surface area contributed by atoms with Gasteiger partial charge in [-0.1, -0.05) is 17.7 Å². The maximum absolute atomic E-state index is 12.1. The lowest BCUT2D eigenvalue weighted by Gasteiger charge is -2.09. The Morgan fingerprint density at radius 1 is 1.22 bits per heavy atom. The molecule has 1 aromatic carbocycles. The third-order valence-corrected chi connectivity index (χ3v) is 4.65. The van der Waals surface area contributed by atoms with Gasteiger partial charge in [0.15, 0.2) is 0 Å². The molecule has 0 spiro atoms. The van der Waals surface area contributed by atoms with Crippen molar-refractivity contribution in [2.75, 3.05) is 18.4 Å². The SMILES string of the molecule is O=C(O)c1cc(S(=O)(=O)NCCNc2ccccn2)ccc1Cl. The number of halogens is 1. The van der Waals surface area contributed by atoms with Gasteiger partial charge < -0.3 is 10.4 Å². The number of sulfonamides is 1. The van der Waals surface area contributed by atoms with E-state index in [0.29, 0.717) is 12.4 Å². The van der Waals surface area contributed by atoms with Crippen molar-refractivity contribution in [2.45, 2.75) is 4.90 Å². The van der Waals surface area contributed by atoms with Crippen molar-refractivity contribution in [3.63, 3.8) is 0 Å². The van der Waals surface area contributed by atoms with Gasteiger partial charge in [-0.05, 0) is 30.3 Å². The first kappa shape index (κ1) is 17.2. The third-order valence-electron chi connectivity index (χ3n) is 2.87. The van der Waals surface area contributed by atoms with Crippen LogP contribution in [0.5, 0.6) is 0 Å². The summed E-state index contributed by atoms with van der Waals surface area (Å²) in [7, 11) is -3.82. The third kappa shape index (κ3) is 4.65. The molecule has 0 aliphatic rings. The standard InChI is InChI=1S/C14H14ClN3O4S/c15-12-5-4-10(9-11(12)14(19)20)23(21,22)18-8-7-17-13-3-1-2-6-16-13/h1-6,9,18H,7-8H2,(H,16,17)(H,19,20). The van der Waals surface area contributed by atoms with Crippen LogP contribution in [-0.4, -0.2) is 37.6 Å². The fourth-order valence-electron chi connectivity index (χ4n) is 1.76. The van der Waals surface area contributed by atoms with Crippen LogP contribution < -0.4 is 10.0 Å². The molecule has 0 saturated carbocycles. The molecule has 0 aliphatic carbocycles. The molecule has 0 amide bonds. The van der Waals surface area contributed by atoms with E-state index in [0.717, 1.165) is 6.07 Å². The molecule has 23 heavy (non-hydrogen) atoms. The normalized spacial score (nSPS) is 11.2. The molecule has 1 heterocycles. The molecule has 7 nitrogen and oxygen atoms in total. The van der Waals surface area contributed by atoms with Gasteiger partial charge >= 0.3 is 5.97 Å². The largest absolute Gasteiger partial charge is 0.478 e. The second kappa shape index (κ2) is 7.40. The first-order chi connectivity index (χ1) is 10.9. The highest BCUT2D eigenvalue weighted by Crippen LogP contribution is 2.20. The summed E-state index contributed by atoms with van der Waals surface area (Å²) in [5.74, 6) is -0.657. The van der Waals surface area contributed by atoms with Crippen molar-refractivity contribution >= 4 is 33.4 Å². The van der Waals surface area contributed by atoms with Gasteiger partial charge in [0.25, 0.3) is 0 Å². The number of benzene rings is 1. The second-order valence-corrected chi connectivity index (χ2v) is 6.66. The minimum Gasteiger partial charge on any atom is -0.478 e. The fourth-order valence-corrected chi connectivity index (χ4v) is 3.02. The number of carboxylic acids is 1. The van der Waals surface area contributed by atoms with Crippen LogP contribution in [0.15, 0.2) is 47.5 Å². The predicted molar refractivity (Wildman–Crippen MR) is 86.3 cm³/mol. The van der Waals surface area contributed by atoms with Gasteiger partial charge in [-0.25, -0.2) is 22.9 Å². The second-order valence-electron chi connectivity index (χ2n) is 4.49. The van der Waals surface area contributed by atoms with E-state index >= 15 is 0 Å². The Bertz CT molecular complexity index is 797. The molecule has 1 aromatic heterocycles. The van der Waals surface area contributed by atoms with Crippen LogP contribution >= 0.6 is 11.6 Å². The number of hydrogen-bond acceptors (Lipinski definition) is 5. The Morgan fingerprint density at radius 2 is 2.00 bits per heavy atom. The van der Waals surface area contributed by atoms with Crippen molar-refractivity contribution in [3.05, 3.63) is 53.2 Å². The van der Waals surface area contributed by atoms with Gasteiger partial charge in [-0.3, -0.25) is 0 Å². The number of carbonyl (C=O) groups is 1. The number of nitrogens with one attached hydrogen (secondary N) is 2. The van der Waals surface area contributed by atoms with Crippen LogP contribution in [0.4, 0.5) is 5.82 Å². The molecule has 0 fully saturated rings. The highest BCUT2D eigenvalue weighted by molar-refractivity contribution is 7.89. The van der Waals surface area contributed by atoms with E-state index in [-0.39, 0.29) is 22.0 Å². The summed E-state index contributed by atoms with van der Waals surface area (Å²) in [6, 6.07) is 8.86. The van der Waals surface area contributed by atoms with Crippen LogP contribution in [0.1, 0.15) is 10.4 Å². The van der Waals surface area contributed by atoms with Crippen molar-refractivity contribution in [1.82, 2.24) is 9.71 Å². The molecule has 0 bridgehead atoms. The average Bonchev–Trinajstić information content (AvgIpc) is 2.52. The predicted octanol–water partition coefficient (Wildman–Crippen LogP) is 1.82. The summed E-state index contributed by atoms with van der Waals surface area (Å²) >= 11 is 5.72. The molecular weight excluding hydrogens is 342 g/mol. The van der Waals surface area contributed by atoms with Crippen LogP contribution in [0.25, 0.3) is 0 Å². The molecule has 2 rings (SSSR count). The summed E-state index contributed by atoms with van der Waals surface area (Å²) < 4.78 is 26.7. The topological polar surface area (TPSA) is 108 Å². The molecule has 9 heteroatoms. The highest BCUT2D eigenvalue weighted by Gasteiger charge is 2.17. The number of carboxylic acid groups (broad SMARTS) is 1. The van der Waals surface area contributed by atoms with Gasteiger partial charge in [0.1, 0.15) is 5.82 Å². The summed E-state index contributed by atoms with van der Waals surface area (Å²) in [4.78, 5) is 14.9. The van der Waals surface area contributed by atoms with Gasteiger partial charge in [-0.15, -0.1) is 0 Å². The smallest absolute Gasteiger partial charge is 0.337 e. The zero-order valence-corrected chi connectivity index (χ0v) is 13.4. The number of hydrogen-bond donors (Lipinski definition) is 3. The Balaban J connectivity index is 1.99. The number of rotatable bonds is 7. The fraction of sp³-hybridized carbons (Fsp3) is 0.143. The van der Waals surface area contributed by atoms with E-state index in [1.54, 1.807) is 24.4 Å². The number of aromatic nitrogens is 1. The van der Waals surface area contributed by atoms with E-state index in [4.69, 9.17) is 16.7 Å². The average molecular weight is 356 g/mol. The molecule has 0 unspecified atom stereocenters. The summed E-state index contributed by atoms with van der Waals surface area (Å²) in [6.07, 6.45) is 1.62. The van der Waals surface area contributed by atoms with Crippen molar-refractivity contribution < 1.29 is 18.3 Å². The number of nitrogens with zero attached hydrogens (tertiary/aromatic N) is 1. The van der Waals surface area contributed by atoms with E-state index in [2.05, 4.69) is 15.0 Å². The Labute approximate surface area is 138 Å². The maximum atomic E-state index is 12.1. The van der Waals surface area contributed by atoms with Gasteiger partial charge in [0.2, 0.25) is 10.0 Å². The summed E-state index contributed by atoms with van der Waals surface area (Å²) in [5, 5.41) is 11.9. The van der Waals surface area contributed by atoms with E-state index < -0.39 is 16.0 Å². The number of anilines is 1. The number of aromatic carboxylic acids is 1. The van der Waals surface area contributed by atoms with Gasteiger partial charge in [-0.2, -0.15) is 0 Å². The zero-order chi connectivity index (χ0) is 16.9. The molecule has 3 N–H and O–H groups in total. The van der Waals surface area contributed by atoms with E-state index in [9.17, 15) is 13.2 Å². The highest BCUT2D eigenvalue weighted by atomic mass is 35.5. The minimum atomic E-state index is -3.82. The lowest BCUT2D eigenvalue weighted by atomic mass is 10.2. The Kier molecular flexibility index (Phi) is 5.54. The van der Waals surface area contributed by atoms with Gasteiger partial charge in [0, 0.05) is 19.3 Å². The van der Waals surface area contributed by atoms with E-state index in [1.807, 2.05) is 0 Å². The maximum Gasteiger partial charge on any atom is 0.337 e. The Hall–Kier alpha value is -2.16. The molecule has 2 aromatic rings. The molecular formula is C14H14ClN3O4S. The molecule has 0 aliphatic heterocycles. The molecule has 0 atom stereocenters. The summed E-state index contributed by atoms with van der Waals surface area (Å²) in [5.41, 5.74) is -0.263. The van der Waals surface area contributed by atoms with Crippen LogP contribution in [0, 0.1) is 0 Å². The van der Waals surface area contributed by atoms with Crippen molar-refractivity contribution in [1.29, 1.82) is 0 Å². The first-order valence-electron chi connectivity index (χ1n) is 6.57. The summed E-state index contributed by atoms with van der Waals surface area (Å²) in [6.45, 7) is 0.444. The minimum absolute atomic E-state index is 0.0201. The van der Waals surface area contributed by atoms with Crippen molar-refractivity contribution in [3.8, 4) is 0 Å². The van der Waals surface area contributed by atoms with Gasteiger partial charge in [0.05, 0.1) is 15.5 Å². The lowest BCUT2D eigenvalue weighted by Crippen LogP contribution is -2.29. The molecule has 0 saturated heterocycles. The quantitative estimate of drug-likeness (QED) is 0.654. The van der Waals surface area contributed by atoms with Crippen LogP contribution in [0.2, 0.25) is 5.02 Å². The molecule has 122 valence electrons. The van der Waals surface area contributed by atoms with E-state index in [1.165, 1.54) is 12.1 Å². The number of pyridine rings is 1. The molecule has 0 radical (unpaired) electrons. The van der Waals surface area contributed by atoms with Crippen LogP contribution in [0.3, 0.4) is 0 Å². The van der Waals surface area contributed by atoms with Crippen LogP contribution in [-0.2, 0) is 10.0 Å².